The number of phosphoric ester groups is 1. The van der Waals surface area contributed by atoms with Crippen molar-refractivity contribution >= 4 is 7.82 Å². The van der Waals surface area contributed by atoms with Crippen LogP contribution in [-0.4, -0.2) is 0 Å². The standard InChI is InChI=1S/C15H21O4P/c1-7-13(8-2)17-20(16,18-14(9-3)10-4)19-15(11-5)12-6/h7-12H,1,3,5H2,2,4,6H3/b13-8-,14-10-,15-12-. The molecule has 4 nitrogen and oxygen atoms in total. The summed E-state index contributed by atoms with van der Waals surface area (Å²) in [5, 5.41) is 0. The molecule has 110 valence electrons. The van der Waals surface area contributed by atoms with Crippen molar-refractivity contribution in [2.45, 2.75) is 20.8 Å². The lowest BCUT2D eigenvalue weighted by atomic mass is 10.5. The first kappa shape index (κ1) is 18.1. The average Bonchev–Trinajstić information content (AvgIpc) is 2.48. The van der Waals surface area contributed by atoms with Crippen LogP contribution in [-0.2, 0) is 18.1 Å². The molecule has 0 aliphatic heterocycles. The SMILES string of the molecule is C=C/C(=C/C)OP(=O)(O/C(C=C)=C\C)O/C(C=C)=C\C. The lowest BCUT2D eigenvalue weighted by Crippen LogP contribution is -1.99. The first-order chi connectivity index (χ1) is 9.48. The zero-order valence-corrected chi connectivity index (χ0v) is 13.1. The van der Waals surface area contributed by atoms with E-state index >= 15 is 0 Å². The summed E-state index contributed by atoms with van der Waals surface area (Å²) in [5.74, 6) is 0.854. The minimum Gasteiger partial charge on any atom is -0.386 e. The third-order valence-corrected chi connectivity index (χ3v) is 3.41. The molecule has 0 saturated carbocycles. The lowest BCUT2D eigenvalue weighted by Gasteiger charge is -2.20. The Morgan fingerprint density at radius 1 is 0.750 bits per heavy atom. The molecule has 0 heterocycles. The number of rotatable bonds is 9. The third-order valence-electron chi connectivity index (χ3n) is 2.11. The third kappa shape index (κ3) is 5.81. The highest BCUT2D eigenvalue weighted by Gasteiger charge is 2.33. The Balaban J connectivity index is 5.42. The first-order valence-electron chi connectivity index (χ1n) is 6.03. The molecule has 0 radical (unpaired) electrons. The summed E-state index contributed by atoms with van der Waals surface area (Å²) < 4.78 is 28.5. The van der Waals surface area contributed by atoms with Gasteiger partial charge in [-0.1, -0.05) is 19.7 Å². The Labute approximate surface area is 121 Å². The molecule has 0 rings (SSSR count). The molecule has 0 N–H and O–H groups in total. The maximum atomic E-state index is 12.7. The Hall–Kier alpha value is -1.93. The summed E-state index contributed by atoms with van der Waals surface area (Å²) in [6.07, 6.45) is 9.01. The number of phosphoric acid groups is 1. The minimum absolute atomic E-state index is 0.285. The second-order valence-corrected chi connectivity index (χ2v) is 4.85. The Bertz CT molecular complexity index is 427. The van der Waals surface area contributed by atoms with Crippen molar-refractivity contribution in [1.82, 2.24) is 0 Å². The molecule has 20 heavy (non-hydrogen) atoms. The van der Waals surface area contributed by atoms with Crippen LogP contribution in [0.15, 0.2) is 73.5 Å². The predicted molar refractivity (Wildman–Crippen MR) is 82.7 cm³/mol. The summed E-state index contributed by atoms with van der Waals surface area (Å²) in [6, 6.07) is 0. The van der Waals surface area contributed by atoms with Crippen molar-refractivity contribution in [1.29, 1.82) is 0 Å². The molecule has 0 fully saturated rings. The zero-order valence-electron chi connectivity index (χ0n) is 12.2. The molecule has 0 saturated heterocycles. The fourth-order valence-electron chi connectivity index (χ4n) is 1.07. The Kier molecular flexibility index (Phi) is 8.18. The fourth-order valence-corrected chi connectivity index (χ4v) is 2.49. The second-order valence-electron chi connectivity index (χ2n) is 3.41. The van der Waals surface area contributed by atoms with E-state index < -0.39 is 7.82 Å². The van der Waals surface area contributed by atoms with Gasteiger partial charge in [-0.3, -0.25) is 0 Å². The van der Waals surface area contributed by atoms with E-state index in [-0.39, 0.29) is 17.3 Å². The maximum absolute atomic E-state index is 12.7. The van der Waals surface area contributed by atoms with E-state index in [0.717, 1.165) is 0 Å². The van der Waals surface area contributed by atoms with Crippen molar-refractivity contribution in [3.63, 3.8) is 0 Å². The van der Waals surface area contributed by atoms with E-state index in [1.807, 2.05) is 0 Å². The van der Waals surface area contributed by atoms with Crippen molar-refractivity contribution in [2.75, 3.05) is 0 Å². The van der Waals surface area contributed by atoms with Crippen LogP contribution in [0.3, 0.4) is 0 Å². The van der Waals surface area contributed by atoms with Crippen LogP contribution in [0.4, 0.5) is 0 Å². The van der Waals surface area contributed by atoms with Crippen LogP contribution in [0.5, 0.6) is 0 Å². The van der Waals surface area contributed by atoms with Gasteiger partial charge in [-0.05, 0) is 57.2 Å². The van der Waals surface area contributed by atoms with Gasteiger partial charge in [0.25, 0.3) is 0 Å². The monoisotopic (exact) mass is 296 g/mol. The Morgan fingerprint density at radius 2 is 1.00 bits per heavy atom. The highest BCUT2D eigenvalue weighted by Crippen LogP contribution is 2.55. The highest BCUT2D eigenvalue weighted by molar-refractivity contribution is 7.48. The van der Waals surface area contributed by atoms with Gasteiger partial charge in [0.1, 0.15) is 17.3 Å². The van der Waals surface area contributed by atoms with E-state index in [1.165, 1.54) is 18.2 Å². The van der Waals surface area contributed by atoms with Crippen molar-refractivity contribution < 1.29 is 18.1 Å². The normalized spacial score (nSPS) is 13.4. The molecule has 0 aromatic rings. The van der Waals surface area contributed by atoms with E-state index in [4.69, 9.17) is 13.6 Å². The molecule has 0 bridgehead atoms. The van der Waals surface area contributed by atoms with Gasteiger partial charge in [-0.25, -0.2) is 0 Å². The van der Waals surface area contributed by atoms with Gasteiger partial charge in [-0.15, -0.1) is 0 Å². The topological polar surface area (TPSA) is 44.8 Å². The molecule has 0 amide bonds. The summed E-state index contributed by atoms with van der Waals surface area (Å²) in [5.41, 5.74) is 0. The van der Waals surface area contributed by atoms with E-state index in [1.54, 1.807) is 39.0 Å². The van der Waals surface area contributed by atoms with E-state index in [2.05, 4.69) is 19.7 Å². The lowest BCUT2D eigenvalue weighted by molar-refractivity contribution is 0.205. The van der Waals surface area contributed by atoms with Gasteiger partial charge in [0.05, 0.1) is 0 Å². The first-order valence-corrected chi connectivity index (χ1v) is 7.49. The number of hydrogen-bond acceptors (Lipinski definition) is 4. The van der Waals surface area contributed by atoms with Gasteiger partial charge in [0.15, 0.2) is 0 Å². The van der Waals surface area contributed by atoms with Gasteiger partial charge in [0.2, 0.25) is 0 Å². The summed E-state index contributed by atoms with van der Waals surface area (Å²) in [6.45, 7) is 15.8. The van der Waals surface area contributed by atoms with Crippen molar-refractivity contribution in [3.05, 3.63) is 73.5 Å². The van der Waals surface area contributed by atoms with Crippen LogP contribution in [0.2, 0.25) is 0 Å². The average molecular weight is 296 g/mol. The molecule has 0 aromatic carbocycles. The molecule has 0 unspecified atom stereocenters. The van der Waals surface area contributed by atoms with Crippen LogP contribution in [0.25, 0.3) is 0 Å². The maximum Gasteiger partial charge on any atom is 0.647 e. The van der Waals surface area contributed by atoms with Gasteiger partial charge in [-0.2, -0.15) is 4.57 Å². The van der Waals surface area contributed by atoms with Gasteiger partial charge < -0.3 is 13.6 Å². The predicted octanol–water partition coefficient (Wildman–Crippen LogP) is 5.41. The van der Waals surface area contributed by atoms with Crippen LogP contribution >= 0.6 is 7.82 Å². The van der Waals surface area contributed by atoms with Crippen molar-refractivity contribution in [2.24, 2.45) is 0 Å². The Morgan fingerprint density at radius 3 is 1.15 bits per heavy atom. The molecular weight excluding hydrogens is 275 g/mol. The summed E-state index contributed by atoms with van der Waals surface area (Å²) in [7, 11) is -3.91. The molecule has 0 atom stereocenters. The molecule has 5 heteroatoms. The summed E-state index contributed by atoms with van der Waals surface area (Å²) in [4.78, 5) is 0. The fraction of sp³-hybridized carbons (Fsp3) is 0.200. The van der Waals surface area contributed by atoms with Crippen LogP contribution in [0.1, 0.15) is 20.8 Å². The van der Waals surface area contributed by atoms with Gasteiger partial charge in [0, 0.05) is 0 Å². The molecular formula is C15H21O4P. The van der Waals surface area contributed by atoms with E-state index in [0.29, 0.717) is 0 Å². The summed E-state index contributed by atoms with van der Waals surface area (Å²) >= 11 is 0. The molecule has 0 aromatic heterocycles. The second kappa shape index (κ2) is 9.05. The molecule has 0 aliphatic carbocycles. The molecule has 0 spiro atoms. The smallest absolute Gasteiger partial charge is 0.386 e. The van der Waals surface area contributed by atoms with Crippen molar-refractivity contribution in [3.8, 4) is 0 Å². The zero-order chi connectivity index (χ0) is 15.6. The number of hydrogen-bond donors (Lipinski definition) is 0. The largest absolute Gasteiger partial charge is 0.647 e. The number of allylic oxidation sites excluding steroid dienone is 6. The van der Waals surface area contributed by atoms with Crippen LogP contribution in [0, 0.1) is 0 Å². The highest BCUT2D eigenvalue weighted by atomic mass is 31.2. The molecule has 0 aliphatic rings. The quantitative estimate of drug-likeness (QED) is 0.324. The van der Waals surface area contributed by atoms with Gasteiger partial charge >= 0.3 is 7.82 Å². The minimum atomic E-state index is -3.91. The van der Waals surface area contributed by atoms with E-state index in [9.17, 15) is 4.57 Å². The van der Waals surface area contributed by atoms with Crippen LogP contribution < -0.4 is 0 Å².